The number of anilines is 1. The van der Waals surface area contributed by atoms with Crippen LogP contribution in [-0.4, -0.2) is 62.7 Å². The van der Waals surface area contributed by atoms with Gasteiger partial charge in [-0.25, -0.2) is 9.78 Å². The van der Waals surface area contributed by atoms with E-state index in [2.05, 4.69) is 20.3 Å². The first-order valence-corrected chi connectivity index (χ1v) is 10.4. The van der Waals surface area contributed by atoms with Gasteiger partial charge in [-0.05, 0) is 37.5 Å². The number of aryl methyl sites for hydroxylation is 2. The highest BCUT2D eigenvalue weighted by Crippen LogP contribution is 2.27. The van der Waals surface area contributed by atoms with Crippen LogP contribution >= 0.6 is 0 Å². The average Bonchev–Trinajstić information content (AvgIpc) is 2.74. The first-order chi connectivity index (χ1) is 14.9. The summed E-state index contributed by atoms with van der Waals surface area (Å²) in [6, 6.07) is 3.74. The van der Waals surface area contributed by atoms with Gasteiger partial charge >= 0.3 is 5.69 Å². The third-order valence-electron chi connectivity index (χ3n) is 4.72. The van der Waals surface area contributed by atoms with Gasteiger partial charge in [0, 0.05) is 32.5 Å². The van der Waals surface area contributed by atoms with Crippen molar-refractivity contribution >= 4 is 16.7 Å². The van der Waals surface area contributed by atoms with Gasteiger partial charge in [0.1, 0.15) is 0 Å². The Hall–Kier alpha value is -2.82. The van der Waals surface area contributed by atoms with Crippen molar-refractivity contribution in [3.8, 4) is 11.5 Å². The quantitative estimate of drug-likeness (QED) is 0.290. The summed E-state index contributed by atoms with van der Waals surface area (Å²) in [4.78, 5) is 34.6. The number of rotatable bonds is 9. The molecule has 2 heterocycles. The van der Waals surface area contributed by atoms with Crippen LogP contribution in [0.2, 0.25) is 0 Å². The zero-order chi connectivity index (χ0) is 23.0. The lowest BCUT2D eigenvalue weighted by Crippen LogP contribution is -2.29. The van der Waals surface area contributed by atoms with Crippen LogP contribution in [0.5, 0.6) is 0 Å². The van der Waals surface area contributed by atoms with Crippen LogP contribution < -0.4 is 16.6 Å². The van der Waals surface area contributed by atoms with Crippen LogP contribution in [0.4, 0.5) is 5.69 Å². The molecule has 1 atom stereocenters. The number of hydrogen-bond donors (Lipinski definition) is 4. The number of aromatic amines is 1. The fourth-order valence-electron chi connectivity index (χ4n) is 3.22. The minimum Gasteiger partial charge on any atom is -0.396 e. The number of fused-ring (bicyclic) bond motifs is 2. The van der Waals surface area contributed by atoms with Gasteiger partial charge in [0.05, 0.1) is 23.7 Å². The molecule has 0 unspecified atom stereocenters. The monoisotopic (exact) mass is 433 g/mol. The predicted molar refractivity (Wildman–Crippen MR) is 120 cm³/mol. The molecule has 0 bridgehead atoms. The summed E-state index contributed by atoms with van der Waals surface area (Å²) in [5.74, 6) is 0.161. The van der Waals surface area contributed by atoms with Crippen LogP contribution in [0, 0.1) is 6.92 Å². The minimum atomic E-state index is -0.751. The van der Waals surface area contributed by atoms with Crippen molar-refractivity contribution in [1.29, 1.82) is 0 Å². The zero-order valence-corrected chi connectivity index (χ0v) is 18.4. The molecule has 0 saturated carbocycles. The van der Waals surface area contributed by atoms with E-state index in [-0.39, 0.29) is 24.5 Å². The topological polar surface area (TPSA) is 142 Å². The second-order valence-corrected chi connectivity index (χ2v) is 6.84. The van der Waals surface area contributed by atoms with E-state index in [4.69, 9.17) is 9.84 Å². The molecule has 1 aromatic carbocycles. The fraction of sp³-hybridized carbons (Fsp3) is 0.524. The summed E-state index contributed by atoms with van der Waals surface area (Å²) in [6.07, 6.45) is -0.155. The summed E-state index contributed by atoms with van der Waals surface area (Å²) >= 11 is 0. The smallest absolute Gasteiger partial charge is 0.349 e. The van der Waals surface area contributed by atoms with E-state index in [0.29, 0.717) is 37.2 Å². The van der Waals surface area contributed by atoms with Crippen molar-refractivity contribution in [1.82, 2.24) is 19.5 Å². The van der Waals surface area contributed by atoms with Gasteiger partial charge in [-0.1, -0.05) is 13.8 Å². The molecule has 0 aromatic heterocycles. The van der Waals surface area contributed by atoms with Crippen molar-refractivity contribution in [2.75, 3.05) is 32.2 Å². The number of H-pyrrole nitrogens is 1. The molecule has 0 fully saturated rings. The van der Waals surface area contributed by atoms with Gasteiger partial charge in [0.15, 0.2) is 11.5 Å². The summed E-state index contributed by atoms with van der Waals surface area (Å²) in [7, 11) is 1.63. The molecule has 3 rings (SSSR count). The van der Waals surface area contributed by atoms with Crippen molar-refractivity contribution < 1.29 is 14.9 Å². The standard InChI is InChI=1S/C19H25N5O5.C2H6/c1-11-9-14-15(10-13(11)20-5-8-29-2)24(6-3-12(26)4-7-25)17-16(21-14)18(27)23-19(28)22-17;1-2/h9-10,12,20,25-26H,3-8H2,1-2H3,(H,23,27,28);1-2H3/t12-;/m0./s1. The molecule has 4 N–H and O–H groups in total. The van der Waals surface area contributed by atoms with Crippen molar-refractivity contribution in [3.63, 3.8) is 0 Å². The molecule has 1 aromatic rings. The summed E-state index contributed by atoms with van der Waals surface area (Å²) < 4.78 is 6.79. The molecule has 0 radical (unpaired) electrons. The predicted octanol–water partition coefficient (Wildman–Crippen LogP) is 1.11. The maximum Gasteiger partial charge on any atom is 0.349 e. The Balaban J connectivity index is 0.00000166. The highest BCUT2D eigenvalue weighted by molar-refractivity contribution is 5.84. The Labute approximate surface area is 180 Å². The van der Waals surface area contributed by atoms with Crippen LogP contribution in [0.25, 0.3) is 22.6 Å². The Morgan fingerprint density at radius 3 is 2.65 bits per heavy atom. The molecule has 2 aliphatic rings. The van der Waals surface area contributed by atoms with E-state index >= 15 is 0 Å². The highest BCUT2D eigenvalue weighted by Gasteiger charge is 2.20. The first kappa shape index (κ1) is 24.4. The molecule has 170 valence electrons. The molecule has 2 aliphatic heterocycles. The van der Waals surface area contributed by atoms with E-state index in [9.17, 15) is 14.7 Å². The van der Waals surface area contributed by atoms with Gasteiger partial charge in [0.2, 0.25) is 0 Å². The van der Waals surface area contributed by atoms with E-state index < -0.39 is 17.4 Å². The van der Waals surface area contributed by atoms with E-state index in [0.717, 1.165) is 11.3 Å². The van der Waals surface area contributed by atoms with Gasteiger partial charge < -0.3 is 24.8 Å². The Morgan fingerprint density at radius 1 is 1.23 bits per heavy atom. The number of benzene rings is 1. The molecule has 10 nitrogen and oxygen atoms in total. The van der Waals surface area contributed by atoms with Gasteiger partial charge in [-0.2, -0.15) is 4.98 Å². The largest absolute Gasteiger partial charge is 0.396 e. The number of nitrogens with zero attached hydrogens (tertiary/aromatic N) is 3. The third kappa shape index (κ3) is 5.87. The second kappa shape index (κ2) is 11.5. The zero-order valence-electron chi connectivity index (χ0n) is 18.4. The molecule has 0 saturated heterocycles. The maximum absolute atomic E-state index is 12.3. The maximum atomic E-state index is 12.3. The highest BCUT2D eigenvalue weighted by atomic mass is 16.5. The van der Waals surface area contributed by atoms with E-state index in [1.54, 1.807) is 11.7 Å². The van der Waals surface area contributed by atoms with Crippen LogP contribution in [0.3, 0.4) is 0 Å². The molecular weight excluding hydrogens is 402 g/mol. The van der Waals surface area contributed by atoms with E-state index in [1.165, 1.54) is 0 Å². The van der Waals surface area contributed by atoms with Gasteiger partial charge in [0.25, 0.3) is 5.56 Å². The first-order valence-electron chi connectivity index (χ1n) is 10.4. The Bertz CT molecular complexity index is 1080. The lowest BCUT2D eigenvalue weighted by molar-refractivity contribution is 0.121. The average molecular weight is 434 g/mol. The fourth-order valence-corrected chi connectivity index (χ4v) is 3.22. The third-order valence-corrected chi connectivity index (χ3v) is 4.72. The molecule has 10 heteroatoms. The molecular formula is C21H31N5O5. The van der Waals surface area contributed by atoms with Gasteiger partial charge in [-0.15, -0.1) is 0 Å². The second-order valence-electron chi connectivity index (χ2n) is 6.84. The number of ether oxygens (including phenoxy) is 1. The van der Waals surface area contributed by atoms with Gasteiger partial charge in [-0.3, -0.25) is 9.78 Å². The minimum absolute atomic E-state index is 0.0632. The van der Waals surface area contributed by atoms with Crippen molar-refractivity contribution in [2.24, 2.45) is 0 Å². The number of aliphatic hydroxyl groups is 2. The van der Waals surface area contributed by atoms with Crippen molar-refractivity contribution in [2.45, 2.75) is 46.3 Å². The Morgan fingerprint density at radius 2 is 1.97 bits per heavy atom. The molecule has 31 heavy (non-hydrogen) atoms. The number of nitrogens with one attached hydrogen (secondary N) is 2. The normalized spacial score (nSPS) is 11.9. The molecule has 0 amide bonds. The lowest BCUT2D eigenvalue weighted by atomic mass is 10.1. The SMILES string of the molecule is CC.COCCNc1cc2c(cc1C)nc1c(=O)[nH]c(=O)nc-1n2CC[C@H](O)CCO. The Kier molecular flexibility index (Phi) is 9.10. The van der Waals surface area contributed by atoms with Crippen molar-refractivity contribution in [3.05, 3.63) is 38.5 Å². The molecule has 0 spiro atoms. The number of hydrogen-bond acceptors (Lipinski definition) is 8. The summed E-state index contributed by atoms with van der Waals surface area (Å²) in [5.41, 5.74) is 1.77. The number of aliphatic hydroxyl groups excluding tert-OH is 2. The van der Waals surface area contributed by atoms with Crippen LogP contribution in [-0.2, 0) is 11.3 Å². The molecule has 0 aliphatic carbocycles. The number of methoxy groups -OCH3 is 1. The summed E-state index contributed by atoms with van der Waals surface area (Å²) in [5, 5.41) is 22.4. The van der Waals surface area contributed by atoms with Crippen LogP contribution in [0.15, 0.2) is 21.7 Å². The van der Waals surface area contributed by atoms with Crippen LogP contribution in [0.1, 0.15) is 32.3 Å². The summed E-state index contributed by atoms with van der Waals surface area (Å²) in [6.45, 7) is 7.25. The van der Waals surface area contributed by atoms with E-state index in [1.807, 2.05) is 32.9 Å². The number of aromatic nitrogens is 4. The lowest BCUT2D eigenvalue weighted by Gasteiger charge is -2.20.